The van der Waals surface area contributed by atoms with Gasteiger partial charge in [-0.25, -0.2) is 13.1 Å². The summed E-state index contributed by atoms with van der Waals surface area (Å²) in [6, 6.07) is 16.4. The summed E-state index contributed by atoms with van der Waals surface area (Å²) in [6.07, 6.45) is 5.18. The van der Waals surface area contributed by atoms with Crippen LogP contribution in [-0.2, 0) is 14.8 Å². The molecule has 0 aliphatic carbocycles. The Kier molecular flexibility index (Phi) is 8.03. The van der Waals surface area contributed by atoms with Gasteiger partial charge in [0.2, 0.25) is 10.0 Å². The second-order valence-corrected chi connectivity index (χ2v) is 9.97. The number of hydrogen-bond donors (Lipinski definition) is 2. The molecule has 182 valence electrons. The van der Waals surface area contributed by atoms with Gasteiger partial charge in [0.15, 0.2) is 5.11 Å². The fourth-order valence-corrected chi connectivity index (χ4v) is 5.05. The quantitative estimate of drug-likeness (QED) is 0.208. The molecule has 35 heavy (non-hydrogen) atoms. The number of nitrogens with zero attached hydrogens (tertiary/aromatic N) is 4. The number of benzene rings is 2. The fraction of sp³-hybridized carbons (Fsp3) is 0.208. The number of thiocarbonyl (C=S) groups is 1. The number of aromatic nitrogens is 2. The average molecular weight is 511 g/mol. The first-order valence-electron chi connectivity index (χ1n) is 11.0. The van der Waals surface area contributed by atoms with Crippen molar-refractivity contribution in [3.63, 3.8) is 0 Å². The molecule has 0 bridgehead atoms. The highest BCUT2D eigenvalue weighted by molar-refractivity contribution is 7.89. The molecule has 0 radical (unpaired) electrons. The Balaban J connectivity index is 1.62. The van der Waals surface area contributed by atoms with Crippen molar-refractivity contribution < 1.29 is 13.2 Å². The van der Waals surface area contributed by atoms with Crippen molar-refractivity contribution in [3.8, 4) is 16.9 Å². The third-order valence-electron chi connectivity index (χ3n) is 5.28. The third-order valence-corrected chi connectivity index (χ3v) is 7.42. The van der Waals surface area contributed by atoms with Crippen molar-refractivity contribution in [2.45, 2.75) is 4.90 Å². The molecule has 2 N–H and O–H groups in total. The van der Waals surface area contributed by atoms with Crippen molar-refractivity contribution in [1.29, 1.82) is 0 Å². The molecule has 1 aromatic heterocycles. The molecule has 1 saturated heterocycles. The molecule has 0 amide bonds. The van der Waals surface area contributed by atoms with Crippen LogP contribution in [0.5, 0.6) is 0 Å². The Labute approximate surface area is 210 Å². The van der Waals surface area contributed by atoms with Gasteiger partial charge in [-0.1, -0.05) is 36.4 Å². The summed E-state index contributed by atoms with van der Waals surface area (Å²) >= 11 is 5.17. The molecule has 2 aromatic carbocycles. The molecule has 0 unspecified atom stereocenters. The van der Waals surface area contributed by atoms with Crippen molar-refractivity contribution in [2.24, 2.45) is 5.10 Å². The fourth-order valence-electron chi connectivity index (χ4n) is 3.50. The minimum absolute atomic E-state index is 0.237. The lowest BCUT2D eigenvalue weighted by Gasteiger charge is -2.26. The number of hydrogen-bond acceptors (Lipinski definition) is 6. The van der Waals surface area contributed by atoms with Crippen LogP contribution in [0.25, 0.3) is 16.9 Å². The first kappa shape index (κ1) is 24.7. The first-order valence-corrected chi connectivity index (χ1v) is 12.8. The zero-order chi connectivity index (χ0) is 24.7. The topological polar surface area (TPSA) is 101 Å². The highest BCUT2D eigenvalue weighted by Gasteiger charge is 2.26. The predicted octanol–water partition coefficient (Wildman–Crippen LogP) is 2.54. The number of ether oxygens (including phenoxy) is 1. The molecular formula is C24H26N6O3S2. The van der Waals surface area contributed by atoms with Crippen molar-refractivity contribution in [1.82, 2.24) is 24.8 Å². The van der Waals surface area contributed by atoms with Gasteiger partial charge in [0.1, 0.15) is 5.69 Å². The molecule has 2 heterocycles. The molecule has 4 rings (SSSR count). The highest BCUT2D eigenvalue weighted by atomic mass is 32.2. The van der Waals surface area contributed by atoms with Crippen LogP contribution in [0.2, 0.25) is 0 Å². The van der Waals surface area contributed by atoms with Crippen molar-refractivity contribution in [3.05, 3.63) is 79.0 Å². The maximum absolute atomic E-state index is 13.0. The zero-order valence-electron chi connectivity index (χ0n) is 19.0. The summed E-state index contributed by atoms with van der Waals surface area (Å²) in [5, 5.41) is 12.3. The van der Waals surface area contributed by atoms with Gasteiger partial charge in [0, 0.05) is 37.0 Å². The monoisotopic (exact) mass is 510 g/mol. The lowest BCUT2D eigenvalue weighted by atomic mass is 10.1. The SMILES string of the molecule is C=CCNC(=S)N/N=C/c1cn(-c2ccccc2)nc1-c1ccc(S(=O)(=O)N2CCOCC2)cc1. The van der Waals surface area contributed by atoms with Gasteiger partial charge in [-0.15, -0.1) is 6.58 Å². The molecule has 0 spiro atoms. The van der Waals surface area contributed by atoms with Gasteiger partial charge in [-0.05, 0) is 36.5 Å². The third kappa shape index (κ3) is 6.01. The summed E-state index contributed by atoms with van der Waals surface area (Å²) in [5.74, 6) is 0. The molecule has 0 atom stereocenters. The van der Waals surface area contributed by atoms with Crippen molar-refractivity contribution in [2.75, 3.05) is 32.8 Å². The molecular weight excluding hydrogens is 484 g/mol. The normalized spacial score (nSPS) is 14.6. The first-order chi connectivity index (χ1) is 17.0. The Bertz CT molecular complexity index is 1300. The van der Waals surface area contributed by atoms with E-state index < -0.39 is 10.0 Å². The van der Waals surface area contributed by atoms with Crippen molar-refractivity contribution >= 4 is 33.6 Å². The Hall–Kier alpha value is -3.38. The molecule has 1 aliphatic rings. The van der Waals surface area contributed by atoms with E-state index in [1.54, 1.807) is 41.2 Å². The van der Waals surface area contributed by atoms with Gasteiger partial charge >= 0.3 is 0 Å². The van der Waals surface area contributed by atoms with Crippen LogP contribution in [0.15, 0.2) is 83.4 Å². The van der Waals surface area contributed by atoms with E-state index in [1.807, 2.05) is 36.5 Å². The van der Waals surface area contributed by atoms with Gasteiger partial charge in [0.25, 0.3) is 0 Å². The summed E-state index contributed by atoms with van der Waals surface area (Å²) in [7, 11) is -3.58. The average Bonchev–Trinajstić information content (AvgIpc) is 3.33. The molecule has 1 fully saturated rings. The van der Waals surface area contributed by atoms with Crippen LogP contribution in [0, 0.1) is 0 Å². The smallest absolute Gasteiger partial charge is 0.243 e. The maximum atomic E-state index is 13.0. The minimum Gasteiger partial charge on any atom is -0.379 e. The van der Waals surface area contributed by atoms with E-state index in [0.717, 1.165) is 16.8 Å². The van der Waals surface area contributed by atoms with Gasteiger partial charge in [-0.3, -0.25) is 5.43 Å². The Morgan fingerprint density at radius 1 is 1.14 bits per heavy atom. The summed E-state index contributed by atoms with van der Waals surface area (Å²) in [4.78, 5) is 0.237. The number of para-hydroxylation sites is 1. The molecule has 11 heteroatoms. The standard InChI is InChI=1S/C24H26N6O3S2/c1-2-12-25-24(34)27-26-17-20-18-30(21-6-4-3-5-7-21)28-23(20)19-8-10-22(11-9-19)35(31,32)29-13-15-33-16-14-29/h2-11,17-18H,1,12-16H2,(H2,25,27,34)/b26-17+. The maximum Gasteiger partial charge on any atom is 0.243 e. The van der Waals surface area contributed by atoms with E-state index in [1.165, 1.54) is 4.31 Å². The lowest BCUT2D eigenvalue weighted by molar-refractivity contribution is 0.0730. The number of rotatable bonds is 8. The van der Waals surface area contributed by atoms with Gasteiger partial charge in [0.05, 0.1) is 30.0 Å². The predicted molar refractivity (Wildman–Crippen MR) is 140 cm³/mol. The Morgan fingerprint density at radius 3 is 2.54 bits per heavy atom. The van der Waals surface area contributed by atoms with Gasteiger partial charge in [-0.2, -0.15) is 14.5 Å². The molecule has 9 nitrogen and oxygen atoms in total. The largest absolute Gasteiger partial charge is 0.379 e. The second-order valence-electron chi connectivity index (χ2n) is 7.62. The number of nitrogens with one attached hydrogen (secondary N) is 2. The van der Waals surface area contributed by atoms with E-state index in [2.05, 4.69) is 22.4 Å². The van der Waals surface area contributed by atoms with Crippen LogP contribution < -0.4 is 10.7 Å². The van der Waals surface area contributed by atoms with E-state index >= 15 is 0 Å². The number of hydrazone groups is 1. The highest BCUT2D eigenvalue weighted by Crippen LogP contribution is 2.25. The van der Waals surface area contributed by atoms with E-state index in [9.17, 15) is 8.42 Å². The van der Waals surface area contributed by atoms with Crippen LogP contribution in [-0.4, -0.2) is 66.7 Å². The summed E-state index contributed by atoms with van der Waals surface area (Å²) < 4.78 is 34.4. The minimum atomic E-state index is -3.58. The number of morpholine rings is 1. The van der Waals surface area contributed by atoms with Crippen LogP contribution in [0.1, 0.15) is 5.56 Å². The molecule has 0 saturated carbocycles. The number of sulfonamides is 1. The van der Waals surface area contributed by atoms with Crippen LogP contribution in [0.3, 0.4) is 0 Å². The Morgan fingerprint density at radius 2 is 1.86 bits per heavy atom. The van der Waals surface area contributed by atoms with Gasteiger partial charge < -0.3 is 10.1 Å². The zero-order valence-corrected chi connectivity index (χ0v) is 20.6. The molecule has 1 aliphatic heterocycles. The molecule has 3 aromatic rings. The summed E-state index contributed by atoms with van der Waals surface area (Å²) in [5.41, 5.74) is 5.80. The van der Waals surface area contributed by atoms with Crippen LogP contribution >= 0.6 is 12.2 Å². The van der Waals surface area contributed by atoms with E-state index in [0.29, 0.717) is 43.7 Å². The van der Waals surface area contributed by atoms with E-state index in [4.69, 9.17) is 22.1 Å². The lowest BCUT2D eigenvalue weighted by Crippen LogP contribution is -2.40. The van der Waals surface area contributed by atoms with E-state index in [-0.39, 0.29) is 4.90 Å². The second kappa shape index (κ2) is 11.4. The summed E-state index contributed by atoms with van der Waals surface area (Å²) in [6.45, 7) is 5.67. The van der Waals surface area contributed by atoms with Crippen LogP contribution in [0.4, 0.5) is 0 Å².